The third-order valence-electron chi connectivity index (χ3n) is 2.38. The van der Waals surface area contributed by atoms with Gasteiger partial charge in [0.05, 0.1) is 22.0 Å². The number of nitrogen functional groups attached to an aromatic ring is 1. The van der Waals surface area contributed by atoms with Crippen molar-refractivity contribution in [2.45, 2.75) is 26.7 Å². The molecule has 0 aromatic carbocycles. The van der Waals surface area contributed by atoms with E-state index in [1.807, 2.05) is 0 Å². The van der Waals surface area contributed by atoms with Gasteiger partial charge in [-0.15, -0.1) is 0 Å². The smallest absolute Gasteiger partial charge is 0.0775 e. The summed E-state index contributed by atoms with van der Waals surface area (Å²) < 4.78 is 0.973. The van der Waals surface area contributed by atoms with Gasteiger partial charge in [0.25, 0.3) is 0 Å². The highest BCUT2D eigenvalue weighted by atomic mass is 79.9. The number of hydrogen-bond acceptors (Lipinski definition) is 3. The van der Waals surface area contributed by atoms with Crippen LogP contribution in [0.25, 0.3) is 0 Å². The van der Waals surface area contributed by atoms with Crippen LogP contribution in [0.4, 0.5) is 11.4 Å². The lowest BCUT2D eigenvalue weighted by Crippen LogP contribution is -2.25. The molecule has 1 aromatic rings. The molecule has 0 aliphatic heterocycles. The van der Waals surface area contributed by atoms with Gasteiger partial charge in [0, 0.05) is 19.3 Å². The quantitative estimate of drug-likeness (QED) is 0.895. The van der Waals surface area contributed by atoms with E-state index in [0.717, 1.165) is 28.9 Å². The van der Waals surface area contributed by atoms with E-state index in [0.29, 0.717) is 0 Å². The molecule has 1 rings (SSSR count). The number of pyridine rings is 1. The Morgan fingerprint density at radius 2 is 2.13 bits per heavy atom. The number of unbranched alkanes of at least 4 members (excludes halogenated alkanes) is 1. The molecule has 0 amide bonds. The Labute approximate surface area is 99.8 Å². The van der Waals surface area contributed by atoms with Crippen LogP contribution in [-0.2, 0) is 0 Å². The number of anilines is 2. The molecule has 2 N–H and O–H groups in total. The zero-order valence-electron chi connectivity index (χ0n) is 9.33. The summed E-state index contributed by atoms with van der Waals surface area (Å²) in [5, 5.41) is 0. The maximum absolute atomic E-state index is 5.94. The molecule has 4 heteroatoms. The first-order valence-corrected chi connectivity index (χ1v) is 6.13. The van der Waals surface area contributed by atoms with Gasteiger partial charge in [-0.3, -0.25) is 4.98 Å². The van der Waals surface area contributed by atoms with Crippen LogP contribution < -0.4 is 10.6 Å². The zero-order valence-corrected chi connectivity index (χ0v) is 10.9. The van der Waals surface area contributed by atoms with Crippen molar-refractivity contribution in [3.63, 3.8) is 0 Å². The Morgan fingerprint density at radius 3 is 2.67 bits per heavy atom. The molecular formula is C11H18BrN3. The van der Waals surface area contributed by atoms with Crippen molar-refractivity contribution in [2.75, 3.05) is 23.7 Å². The van der Waals surface area contributed by atoms with Crippen molar-refractivity contribution in [3.05, 3.63) is 16.9 Å². The molecule has 0 spiro atoms. The van der Waals surface area contributed by atoms with Crippen LogP contribution in [0.3, 0.4) is 0 Å². The maximum atomic E-state index is 5.94. The van der Waals surface area contributed by atoms with Crippen molar-refractivity contribution in [3.8, 4) is 0 Å². The van der Waals surface area contributed by atoms with E-state index >= 15 is 0 Å². The van der Waals surface area contributed by atoms with E-state index in [-0.39, 0.29) is 0 Å². The lowest BCUT2D eigenvalue weighted by atomic mass is 10.2. The Balaban J connectivity index is 2.90. The highest BCUT2D eigenvalue weighted by molar-refractivity contribution is 9.10. The standard InChI is InChI=1S/C11H18BrN3/c1-3-5-6-15(4-2)11-9(12)7-14-8-10(11)13/h7-8H,3-6,13H2,1-2H3. The predicted molar refractivity (Wildman–Crippen MR) is 69.1 cm³/mol. The molecular weight excluding hydrogens is 254 g/mol. The number of nitrogens with zero attached hydrogens (tertiary/aromatic N) is 2. The molecule has 15 heavy (non-hydrogen) atoms. The molecule has 0 saturated heterocycles. The highest BCUT2D eigenvalue weighted by Gasteiger charge is 2.11. The van der Waals surface area contributed by atoms with E-state index in [1.165, 1.54) is 12.8 Å². The molecule has 0 radical (unpaired) electrons. The van der Waals surface area contributed by atoms with Gasteiger partial charge in [0.2, 0.25) is 0 Å². The van der Waals surface area contributed by atoms with Crippen LogP contribution in [0.5, 0.6) is 0 Å². The number of nitrogens with two attached hydrogens (primary N) is 1. The van der Waals surface area contributed by atoms with E-state index in [9.17, 15) is 0 Å². The van der Waals surface area contributed by atoms with Gasteiger partial charge >= 0.3 is 0 Å². The summed E-state index contributed by atoms with van der Waals surface area (Å²) in [6, 6.07) is 0. The van der Waals surface area contributed by atoms with Crippen molar-refractivity contribution in [1.29, 1.82) is 0 Å². The maximum Gasteiger partial charge on any atom is 0.0775 e. The fourth-order valence-corrected chi connectivity index (χ4v) is 2.15. The van der Waals surface area contributed by atoms with Crippen LogP contribution in [-0.4, -0.2) is 18.1 Å². The molecule has 3 nitrogen and oxygen atoms in total. The van der Waals surface area contributed by atoms with Gasteiger partial charge in [-0.2, -0.15) is 0 Å². The van der Waals surface area contributed by atoms with Crippen LogP contribution in [0, 0.1) is 0 Å². The third kappa shape index (κ3) is 3.09. The molecule has 0 aliphatic carbocycles. The number of aromatic nitrogens is 1. The SMILES string of the molecule is CCCCN(CC)c1c(N)cncc1Br. The minimum atomic E-state index is 0.738. The van der Waals surface area contributed by atoms with Crippen molar-refractivity contribution >= 4 is 27.3 Å². The first-order chi connectivity index (χ1) is 7.20. The van der Waals surface area contributed by atoms with Crippen LogP contribution in [0.15, 0.2) is 16.9 Å². The van der Waals surface area contributed by atoms with Crippen molar-refractivity contribution in [2.24, 2.45) is 0 Å². The van der Waals surface area contributed by atoms with Crippen molar-refractivity contribution < 1.29 is 0 Å². The summed E-state index contributed by atoms with van der Waals surface area (Å²) in [6.07, 6.45) is 5.87. The lowest BCUT2D eigenvalue weighted by molar-refractivity contribution is 0.731. The third-order valence-corrected chi connectivity index (χ3v) is 2.96. The second-order valence-electron chi connectivity index (χ2n) is 3.49. The molecule has 0 aliphatic rings. The van der Waals surface area contributed by atoms with E-state index in [2.05, 4.69) is 39.7 Å². The molecule has 0 bridgehead atoms. The van der Waals surface area contributed by atoms with Gasteiger partial charge in [-0.05, 0) is 29.3 Å². The topological polar surface area (TPSA) is 42.1 Å². The van der Waals surface area contributed by atoms with E-state index in [4.69, 9.17) is 5.73 Å². The van der Waals surface area contributed by atoms with Gasteiger partial charge in [-0.1, -0.05) is 13.3 Å². The summed E-state index contributed by atoms with van der Waals surface area (Å²) >= 11 is 3.50. The monoisotopic (exact) mass is 271 g/mol. The number of rotatable bonds is 5. The van der Waals surface area contributed by atoms with E-state index < -0.39 is 0 Å². The lowest BCUT2D eigenvalue weighted by Gasteiger charge is -2.25. The molecule has 1 aromatic heterocycles. The number of halogens is 1. The van der Waals surface area contributed by atoms with Gasteiger partial charge in [0.15, 0.2) is 0 Å². The van der Waals surface area contributed by atoms with Gasteiger partial charge in [-0.25, -0.2) is 0 Å². The average molecular weight is 272 g/mol. The second-order valence-corrected chi connectivity index (χ2v) is 4.35. The minimum absolute atomic E-state index is 0.738. The summed E-state index contributed by atoms with van der Waals surface area (Å²) in [5.74, 6) is 0. The van der Waals surface area contributed by atoms with Crippen molar-refractivity contribution in [1.82, 2.24) is 4.98 Å². The van der Waals surface area contributed by atoms with E-state index in [1.54, 1.807) is 12.4 Å². The summed E-state index contributed by atoms with van der Waals surface area (Å²) in [5.41, 5.74) is 7.74. The Kier molecular flexibility index (Phi) is 4.88. The molecule has 0 saturated carbocycles. The largest absolute Gasteiger partial charge is 0.396 e. The first kappa shape index (κ1) is 12.3. The average Bonchev–Trinajstić information content (AvgIpc) is 2.22. The Morgan fingerprint density at radius 1 is 1.40 bits per heavy atom. The second kappa shape index (κ2) is 5.95. The summed E-state index contributed by atoms with van der Waals surface area (Å²) in [4.78, 5) is 6.33. The zero-order chi connectivity index (χ0) is 11.3. The fourth-order valence-electron chi connectivity index (χ4n) is 1.55. The van der Waals surface area contributed by atoms with Gasteiger partial charge in [0.1, 0.15) is 0 Å². The van der Waals surface area contributed by atoms with Crippen LogP contribution >= 0.6 is 15.9 Å². The molecule has 0 unspecified atom stereocenters. The minimum Gasteiger partial charge on any atom is -0.396 e. The van der Waals surface area contributed by atoms with Gasteiger partial charge < -0.3 is 10.6 Å². The predicted octanol–water partition coefficient (Wildman–Crippen LogP) is 3.05. The summed E-state index contributed by atoms with van der Waals surface area (Å²) in [6.45, 7) is 6.34. The highest BCUT2D eigenvalue weighted by Crippen LogP contribution is 2.31. The van der Waals surface area contributed by atoms with Crippen LogP contribution in [0.1, 0.15) is 26.7 Å². The normalized spacial score (nSPS) is 10.3. The first-order valence-electron chi connectivity index (χ1n) is 5.34. The Bertz CT molecular complexity index is 294. The molecule has 1 heterocycles. The fraction of sp³-hybridized carbons (Fsp3) is 0.545. The Hall–Kier alpha value is -0.770. The summed E-state index contributed by atoms with van der Waals surface area (Å²) in [7, 11) is 0. The number of hydrogen-bond donors (Lipinski definition) is 1. The molecule has 84 valence electrons. The molecule has 0 atom stereocenters. The molecule has 0 fully saturated rings. The van der Waals surface area contributed by atoms with Crippen LogP contribution in [0.2, 0.25) is 0 Å².